The lowest BCUT2D eigenvalue weighted by Gasteiger charge is -2.23. The topological polar surface area (TPSA) is 102 Å². The standard InChI is InChI=1S/C19H19N3O4/c23-15-7-4-8-16(24)18(15)19(26)20-11-12-22-17(25)10-9-14(21-22)13-5-2-1-3-6-13/h1-8,23-24H,9-12H2,(H,20,26). The number of phenolic OH excluding ortho intramolecular Hbond substituents is 2. The molecular formula is C19H19N3O4. The van der Waals surface area contributed by atoms with E-state index >= 15 is 0 Å². The molecule has 0 aliphatic carbocycles. The predicted molar refractivity (Wildman–Crippen MR) is 96.0 cm³/mol. The third-order valence-corrected chi connectivity index (χ3v) is 4.07. The van der Waals surface area contributed by atoms with Crippen LogP contribution in [0.3, 0.4) is 0 Å². The van der Waals surface area contributed by atoms with E-state index < -0.39 is 5.91 Å². The van der Waals surface area contributed by atoms with E-state index in [2.05, 4.69) is 10.4 Å². The summed E-state index contributed by atoms with van der Waals surface area (Å²) >= 11 is 0. The number of nitrogens with one attached hydrogen (secondary N) is 1. The highest BCUT2D eigenvalue weighted by Crippen LogP contribution is 2.25. The Morgan fingerprint density at radius 1 is 1.04 bits per heavy atom. The smallest absolute Gasteiger partial charge is 0.258 e. The number of aromatic hydroxyl groups is 2. The van der Waals surface area contributed by atoms with Crippen molar-refractivity contribution in [1.29, 1.82) is 0 Å². The van der Waals surface area contributed by atoms with E-state index in [9.17, 15) is 19.8 Å². The first kappa shape index (κ1) is 17.5. The average Bonchev–Trinajstić information content (AvgIpc) is 2.64. The zero-order valence-electron chi connectivity index (χ0n) is 14.1. The molecule has 0 unspecified atom stereocenters. The molecule has 26 heavy (non-hydrogen) atoms. The Morgan fingerprint density at radius 3 is 2.42 bits per heavy atom. The van der Waals surface area contributed by atoms with Crippen molar-refractivity contribution in [3.05, 3.63) is 59.7 Å². The average molecular weight is 353 g/mol. The molecule has 1 aliphatic rings. The number of hydrogen-bond acceptors (Lipinski definition) is 5. The minimum Gasteiger partial charge on any atom is -0.507 e. The van der Waals surface area contributed by atoms with Crippen LogP contribution in [0.25, 0.3) is 0 Å². The van der Waals surface area contributed by atoms with E-state index in [4.69, 9.17) is 0 Å². The van der Waals surface area contributed by atoms with Crippen molar-refractivity contribution in [1.82, 2.24) is 10.3 Å². The molecule has 1 aliphatic heterocycles. The lowest BCUT2D eigenvalue weighted by atomic mass is 10.0. The molecule has 2 aromatic carbocycles. The van der Waals surface area contributed by atoms with Gasteiger partial charge >= 0.3 is 0 Å². The van der Waals surface area contributed by atoms with Crippen molar-refractivity contribution in [2.45, 2.75) is 12.8 Å². The molecule has 0 saturated heterocycles. The van der Waals surface area contributed by atoms with Crippen LogP contribution in [0.15, 0.2) is 53.6 Å². The van der Waals surface area contributed by atoms with Gasteiger partial charge in [0.15, 0.2) is 0 Å². The monoisotopic (exact) mass is 353 g/mol. The van der Waals surface area contributed by atoms with Gasteiger partial charge in [-0.15, -0.1) is 0 Å². The van der Waals surface area contributed by atoms with Gasteiger partial charge in [0.05, 0.1) is 12.3 Å². The lowest BCUT2D eigenvalue weighted by molar-refractivity contribution is -0.131. The largest absolute Gasteiger partial charge is 0.507 e. The number of hydrazone groups is 1. The van der Waals surface area contributed by atoms with Gasteiger partial charge in [0, 0.05) is 19.4 Å². The minimum absolute atomic E-state index is 0.107. The highest BCUT2D eigenvalue weighted by molar-refractivity contribution is 6.04. The van der Waals surface area contributed by atoms with Gasteiger partial charge in [0.1, 0.15) is 17.1 Å². The fourth-order valence-corrected chi connectivity index (χ4v) is 2.74. The van der Waals surface area contributed by atoms with Crippen LogP contribution in [0, 0.1) is 0 Å². The van der Waals surface area contributed by atoms with Gasteiger partial charge in [-0.05, 0) is 17.7 Å². The molecule has 7 nitrogen and oxygen atoms in total. The molecule has 0 aromatic heterocycles. The number of rotatable bonds is 5. The maximum atomic E-state index is 12.1. The van der Waals surface area contributed by atoms with Gasteiger partial charge in [0.2, 0.25) is 5.91 Å². The van der Waals surface area contributed by atoms with Gasteiger partial charge in [-0.3, -0.25) is 9.59 Å². The first-order valence-corrected chi connectivity index (χ1v) is 8.28. The molecule has 0 spiro atoms. The van der Waals surface area contributed by atoms with Crippen molar-refractivity contribution in [2.75, 3.05) is 13.1 Å². The molecule has 1 heterocycles. The highest BCUT2D eigenvalue weighted by atomic mass is 16.3. The fourth-order valence-electron chi connectivity index (χ4n) is 2.74. The lowest BCUT2D eigenvalue weighted by Crippen LogP contribution is -2.38. The molecule has 134 valence electrons. The summed E-state index contributed by atoms with van der Waals surface area (Å²) < 4.78 is 0. The quantitative estimate of drug-likeness (QED) is 0.763. The molecule has 0 atom stereocenters. The molecule has 2 amide bonds. The molecule has 0 bridgehead atoms. The summed E-state index contributed by atoms with van der Waals surface area (Å²) in [7, 11) is 0. The molecule has 7 heteroatoms. The van der Waals surface area contributed by atoms with E-state index in [-0.39, 0.29) is 36.1 Å². The van der Waals surface area contributed by atoms with E-state index in [1.807, 2.05) is 30.3 Å². The van der Waals surface area contributed by atoms with Crippen molar-refractivity contribution in [3.63, 3.8) is 0 Å². The minimum atomic E-state index is -0.614. The number of amides is 2. The zero-order chi connectivity index (χ0) is 18.5. The Balaban J connectivity index is 1.63. The van der Waals surface area contributed by atoms with Crippen LogP contribution in [-0.4, -0.2) is 45.8 Å². The molecule has 0 fully saturated rings. The Morgan fingerprint density at radius 2 is 1.73 bits per heavy atom. The number of carbonyl (C=O) groups excluding carboxylic acids is 2. The first-order chi connectivity index (χ1) is 12.6. The summed E-state index contributed by atoms with van der Waals surface area (Å²) in [6, 6.07) is 13.7. The van der Waals surface area contributed by atoms with Crippen molar-refractivity contribution < 1.29 is 19.8 Å². The number of carbonyl (C=O) groups is 2. The summed E-state index contributed by atoms with van der Waals surface area (Å²) in [5.41, 5.74) is 1.61. The first-order valence-electron chi connectivity index (χ1n) is 8.28. The van der Waals surface area contributed by atoms with Crippen LogP contribution in [0.4, 0.5) is 0 Å². The van der Waals surface area contributed by atoms with Gasteiger partial charge in [0.25, 0.3) is 5.91 Å². The summed E-state index contributed by atoms with van der Waals surface area (Å²) in [6.07, 6.45) is 0.944. The summed E-state index contributed by atoms with van der Waals surface area (Å²) in [4.78, 5) is 24.2. The Labute approximate surface area is 150 Å². The van der Waals surface area contributed by atoms with Crippen LogP contribution in [-0.2, 0) is 4.79 Å². The SMILES string of the molecule is O=C(NCCN1N=C(c2ccccc2)CCC1=O)c1c(O)cccc1O. The second-order valence-electron chi connectivity index (χ2n) is 5.86. The summed E-state index contributed by atoms with van der Waals surface area (Å²) in [5.74, 6) is -1.33. The predicted octanol–water partition coefficient (Wildman–Crippen LogP) is 1.85. The van der Waals surface area contributed by atoms with Gasteiger partial charge < -0.3 is 15.5 Å². The molecule has 0 saturated carbocycles. The third-order valence-electron chi connectivity index (χ3n) is 4.07. The molecular weight excluding hydrogens is 334 g/mol. The second kappa shape index (κ2) is 7.69. The number of hydrogen-bond donors (Lipinski definition) is 3. The number of phenols is 2. The summed E-state index contributed by atoms with van der Waals surface area (Å²) in [5, 5.41) is 27.7. The van der Waals surface area contributed by atoms with E-state index in [1.165, 1.54) is 23.2 Å². The highest BCUT2D eigenvalue weighted by Gasteiger charge is 2.22. The normalized spacial score (nSPS) is 14.1. The number of nitrogens with zero attached hydrogens (tertiary/aromatic N) is 2. The van der Waals surface area contributed by atoms with Crippen LogP contribution < -0.4 is 5.32 Å². The maximum Gasteiger partial charge on any atom is 0.258 e. The van der Waals surface area contributed by atoms with Crippen LogP contribution in [0.2, 0.25) is 0 Å². The van der Waals surface area contributed by atoms with Crippen molar-refractivity contribution in [3.8, 4) is 11.5 Å². The molecule has 0 radical (unpaired) electrons. The van der Waals surface area contributed by atoms with E-state index in [1.54, 1.807) is 0 Å². The van der Waals surface area contributed by atoms with Crippen molar-refractivity contribution >= 4 is 17.5 Å². The fraction of sp³-hybridized carbons (Fsp3) is 0.211. The third kappa shape index (κ3) is 3.83. The van der Waals surface area contributed by atoms with Crippen molar-refractivity contribution in [2.24, 2.45) is 5.10 Å². The van der Waals surface area contributed by atoms with Gasteiger partial charge in [-0.25, -0.2) is 5.01 Å². The number of benzene rings is 2. The van der Waals surface area contributed by atoms with Crippen LogP contribution in [0.5, 0.6) is 11.5 Å². The second-order valence-corrected chi connectivity index (χ2v) is 5.86. The van der Waals surface area contributed by atoms with E-state index in [0.717, 1.165) is 11.3 Å². The maximum absolute atomic E-state index is 12.1. The van der Waals surface area contributed by atoms with Gasteiger partial charge in [-0.1, -0.05) is 36.4 Å². The molecule has 2 aromatic rings. The Bertz CT molecular complexity index is 829. The Kier molecular flexibility index (Phi) is 5.17. The molecule has 3 N–H and O–H groups in total. The summed E-state index contributed by atoms with van der Waals surface area (Å²) in [6.45, 7) is 0.346. The van der Waals surface area contributed by atoms with Crippen LogP contribution >= 0.6 is 0 Å². The zero-order valence-corrected chi connectivity index (χ0v) is 14.1. The Hall–Kier alpha value is -3.35. The van der Waals surface area contributed by atoms with E-state index in [0.29, 0.717) is 12.8 Å². The molecule has 3 rings (SSSR count). The van der Waals surface area contributed by atoms with Crippen LogP contribution in [0.1, 0.15) is 28.8 Å². The van der Waals surface area contributed by atoms with Gasteiger partial charge in [-0.2, -0.15) is 5.10 Å².